The lowest BCUT2D eigenvalue weighted by Crippen LogP contribution is -2.26. The molecular formula is C17H16BrClFNO3. The monoisotopic (exact) mass is 415 g/mol. The summed E-state index contributed by atoms with van der Waals surface area (Å²) in [6, 6.07) is 7.58. The number of rotatable bonds is 6. The summed E-state index contributed by atoms with van der Waals surface area (Å²) in [5, 5.41) is 2.93. The Balaban J connectivity index is 2.02. The Morgan fingerprint density at radius 2 is 1.88 bits per heavy atom. The van der Waals surface area contributed by atoms with Crippen LogP contribution < -0.4 is 14.8 Å². The normalized spacial score (nSPS) is 10.4. The van der Waals surface area contributed by atoms with Crippen LogP contribution in [0.1, 0.15) is 15.9 Å². The van der Waals surface area contributed by atoms with Crippen LogP contribution in [0, 0.1) is 5.82 Å². The molecule has 128 valence electrons. The van der Waals surface area contributed by atoms with Gasteiger partial charge in [0.15, 0.2) is 11.5 Å². The van der Waals surface area contributed by atoms with Crippen LogP contribution in [-0.2, 0) is 6.42 Å². The second kappa shape index (κ2) is 8.35. The van der Waals surface area contributed by atoms with Gasteiger partial charge in [-0.25, -0.2) is 4.39 Å². The van der Waals surface area contributed by atoms with E-state index >= 15 is 0 Å². The molecule has 0 aliphatic carbocycles. The Hall–Kier alpha value is -1.79. The third kappa shape index (κ3) is 4.39. The molecule has 0 aliphatic heterocycles. The molecule has 2 rings (SSSR count). The van der Waals surface area contributed by atoms with Crippen molar-refractivity contribution < 1.29 is 18.7 Å². The van der Waals surface area contributed by atoms with E-state index in [9.17, 15) is 9.18 Å². The van der Waals surface area contributed by atoms with Gasteiger partial charge in [0.05, 0.1) is 19.8 Å². The van der Waals surface area contributed by atoms with E-state index in [1.54, 1.807) is 20.3 Å². The van der Waals surface area contributed by atoms with E-state index in [0.29, 0.717) is 24.5 Å². The highest BCUT2D eigenvalue weighted by molar-refractivity contribution is 9.10. The van der Waals surface area contributed by atoms with Crippen molar-refractivity contribution in [1.29, 1.82) is 0 Å². The molecule has 0 bridgehead atoms. The number of carbonyl (C=O) groups excluding carboxylic acids is 1. The third-order valence-corrected chi connectivity index (χ3v) is 4.38. The summed E-state index contributed by atoms with van der Waals surface area (Å²) in [5.74, 6) is 0.0826. The van der Waals surface area contributed by atoms with Crippen molar-refractivity contribution in [1.82, 2.24) is 5.32 Å². The maximum atomic E-state index is 13.7. The molecule has 0 heterocycles. The zero-order chi connectivity index (χ0) is 17.7. The van der Waals surface area contributed by atoms with Crippen molar-refractivity contribution in [3.8, 4) is 11.5 Å². The van der Waals surface area contributed by atoms with E-state index in [1.165, 1.54) is 12.1 Å². The molecule has 0 saturated heterocycles. The predicted molar refractivity (Wildman–Crippen MR) is 94.7 cm³/mol. The van der Waals surface area contributed by atoms with Gasteiger partial charge in [-0.3, -0.25) is 4.79 Å². The maximum Gasteiger partial charge on any atom is 0.254 e. The van der Waals surface area contributed by atoms with Crippen molar-refractivity contribution in [2.45, 2.75) is 6.42 Å². The highest BCUT2D eigenvalue weighted by Crippen LogP contribution is 2.33. The number of amides is 1. The van der Waals surface area contributed by atoms with E-state index in [2.05, 4.69) is 21.2 Å². The smallest absolute Gasteiger partial charge is 0.254 e. The van der Waals surface area contributed by atoms with Crippen LogP contribution in [0.2, 0.25) is 5.02 Å². The van der Waals surface area contributed by atoms with Gasteiger partial charge in [-0.05, 0) is 42.3 Å². The van der Waals surface area contributed by atoms with Gasteiger partial charge in [-0.15, -0.1) is 0 Å². The first-order valence-electron chi connectivity index (χ1n) is 7.10. The van der Waals surface area contributed by atoms with Crippen LogP contribution in [0.4, 0.5) is 4.39 Å². The molecule has 1 N–H and O–H groups in total. The Kier molecular flexibility index (Phi) is 6.45. The van der Waals surface area contributed by atoms with Crippen molar-refractivity contribution in [2.24, 2.45) is 0 Å². The molecule has 0 radical (unpaired) electrons. The average molecular weight is 417 g/mol. The number of hydrogen-bond donors (Lipinski definition) is 1. The summed E-state index contributed by atoms with van der Waals surface area (Å²) in [5.41, 5.74) is 0.898. The second-order valence-corrected chi connectivity index (χ2v) is 6.22. The summed E-state index contributed by atoms with van der Waals surface area (Å²) in [4.78, 5) is 12.0. The third-order valence-electron chi connectivity index (χ3n) is 3.41. The molecule has 1 amide bonds. The topological polar surface area (TPSA) is 47.6 Å². The summed E-state index contributed by atoms with van der Waals surface area (Å²) in [6.45, 7) is 0.342. The van der Waals surface area contributed by atoms with Crippen molar-refractivity contribution in [3.05, 3.63) is 56.8 Å². The van der Waals surface area contributed by atoms with E-state index < -0.39 is 11.7 Å². The molecule has 0 spiro atoms. The zero-order valence-electron chi connectivity index (χ0n) is 13.2. The van der Waals surface area contributed by atoms with Crippen LogP contribution >= 0.6 is 27.5 Å². The van der Waals surface area contributed by atoms with E-state index in [1.807, 2.05) is 6.07 Å². The Morgan fingerprint density at radius 1 is 1.21 bits per heavy atom. The lowest BCUT2D eigenvalue weighted by Gasteiger charge is -2.12. The number of methoxy groups -OCH3 is 2. The van der Waals surface area contributed by atoms with Gasteiger partial charge in [0.1, 0.15) is 5.82 Å². The van der Waals surface area contributed by atoms with Crippen LogP contribution in [0.5, 0.6) is 11.5 Å². The molecule has 24 heavy (non-hydrogen) atoms. The van der Waals surface area contributed by atoms with Gasteiger partial charge >= 0.3 is 0 Å². The van der Waals surface area contributed by atoms with Crippen LogP contribution in [0.15, 0.2) is 34.8 Å². The summed E-state index contributed by atoms with van der Waals surface area (Å²) in [6.07, 6.45) is 0.544. The first-order chi connectivity index (χ1) is 11.5. The summed E-state index contributed by atoms with van der Waals surface area (Å²) < 4.78 is 25.0. The number of halogens is 3. The van der Waals surface area contributed by atoms with Crippen LogP contribution in [-0.4, -0.2) is 26.7 Å². The largest absolute Gasteiger partial charge is 0.493 e. The number of nitrogens with one attached hydrogen (secondary N) is 1. The molecular weight excluding hydrogens is 401 g/mol. The van der Waals surface area contributed by atoms with Crippen LogP contribution in [0.25, 0.3) is 0 Å². The fourth-order valence-corrected chi connectivity index (χ4v) is 2.85. The fourth-order valence-electron chi connectivity index (χ4n) is 2.17. The highest BCUT2D eigenvalue weighted by Gasteiger charge is 2.13. The first kappa shape index (κ1) is 18.5. The molecule has 0 aromatic heterocycles. The Bertz CT molecular complexity index is 755. The minimum Gasteiger partial charge on any atom is -0.493 e. The quantitative estimate of drug-likeness (QED) is 0.766. The Labute approximate surface area is 153 Å². The molecule has 2 aromatic rings. The number of carbonyl (C=O) groups is 1. The van der Waals surface area contributed by atoms with Gasteiger partial charge in [0.2, 0.25) is 0 Å². The molecule has 0 atom stereocenters. The molecule has 0 saturated carbocycles. The summed E-state index contributed by atoms with van der Waals surface area (Å²) in [7, 11) is 3.12. The predicted octanol–water partition coefficient (Wildman–Crippen LogP) is 4.23. The second-order valence-electron chi connectivity index (χ2n) is 4.93. The van der Waals surface area contributed by atoms with Gasteiger partial charge in [-0.2, -0.15) is 0 Å². The minimum atomic E-state index is -0.646. The molecule has 7 heteroatoms. The minimum absolute atomic E-state index is 0.0363. The van der Waals surface area contributed by atoms with Crippen molar-refractivity contribution >= 4 is 33.4 Å². The lowest BCUT2D eigenvalue weighted by atomic mass is 10.1. The molecule has 0 unspecified atom stereocenters. The number of benzene rings is 2. The summed E-state index contributed by atoms with van der Waals surface area (Å²) >= 11 is 9.14. The van der Waals surface area contributed by atoms with Crippen LogP contribution in [0.3, 0.4) is 0 Å². The zero-order valence-corrected chi connectivity index (χ0v) is 15.5. The van der Waals surface area contributed by atoms with Gasteiger partial charge in [-0.1, -0.05) is 27.5 Å². The Morgan fingerprint density at radius 3 is 2.50 bits per heavy atom. The van der Waals surface area contributed by atoms with Crippen molar-refractivity contribution in [2.75, 3.05) is 20.8 Å². The van der Waals surface area contributed by atoms with Crippen molar-refractivity contribution in [3.63, 3.8) is 0 Å². The highest BCUT2D eigenvalue weighted by atomic mass is 79.9. The molecule has 0 aliphatic rings. The van der Waals surface area contributed by atoms with Gasteiger partial charge in [0, 0.05) is 16.0 Å². The number of hydrogen-bond acceptors (Lipinski definition) is 3. The average Bonchev–Trinajstić information content (AvgIpc) is 2.55. The van der Waals surface area contributed by atoms with E-state index in [4.69, 9.17) is 21.1 Å². The molecule has 0 fully saturated rings. The lowest BCUT2D eigenvalue weighted by molar-refractivity contribution is 0.0950. The molecule has 2 aromatic carbocycles. The number of ether oxygens (including phenoxy) is 2. The maximum absolute atomic E-state index is 13.7. The van der Waals surface area contributed by atoms with E-state index in [-0.39, 0.29) is 10.6 Å². The first-order valence-corrected chi connectivity index (χ1v) is 8.27. The molecule has 4 nitrogen and oxygen atoms in total. The standard InChI is InChI=1S/C17H16BrClFNO3/c1-23-15-7-10(13(18)9-16(15)24-2)5-6-21-17(22)12-4-3-11(19)8-14(12)20/h3-4,7-9H,5-6H2,1-2H3,(H,21,22). The SMILES string of the molecule is COc1cc(Br)c(CCNC(=O)c2ccc(Cl)cc2F)cc1OC. The van der Waals surface area contributed by atoms with Gasteiger partial charge in [0.25, 0.3) is 5.91 Å². The van der Waals surface area contributed by atoms with E-state index in [0.717, 1.165) is 16.1 Å². The fraction of sp³-hybridized carbons (Fsp3) is 0.235. The van der Waals surface area contributed by atoms with Gasteiger partial charge < -0.3 is 14.8 Å².